The second-order valence-electron chi connectivity index (χ2n) is 7.96. The Morgan fingerprint density at radius 3 is 2.57 bits per heavy atom. The summed E-state index contributed by atoms with van der Waals surface area (Å²) in [5, 5.41) is 0. The van der Waals surface area contributed by atoms with Crippen LogP contribution in [0.25, 0.3) is 0 Å². The first-order chi connectivity index (χ1) is 13.5. The average molecular weight is 391 g/mol. The van der Waals surface area contributed by atoms with Gasteiger partial charge in [0.25, 0.3) is 11.5 Å². The first-order valence-corrected chi connectivity index (χ1v) is 9.97. The predicted molar refractivity (Wildman–Crippen MR) is 99.8 cm³/mol. The van der Waals surface area contributed by atoms with Gasteiger partial charge in [-0.3, -0.25) is 14.4 Å². The summed E-state index contributed by atoms with van der Waals surface area (Å²) in [4.78, 5) is 41.8. The number of fused-ring (bicyclic) bond motifs is 1. The molecule has 0 spiro atoms. The fraction of sp³-hybridized carbons (Fsp3) is 0.650. The largest absolute Gasteiger partial charge is 0.381 e. The number of ether oxygens (including phenoxy) is 1. The van der Waals surface area contributed by atoms with Crippen molar-refractivity contribution in [3.8, 4) is 0 Å². The summed E-state index contributed by atoms with van der Waals surface area (Å²) in [5.41, 5.74) is 1.34. The molecule has 3 aliphatic heterocycles. The number of alkyl halides is 1. The minimum atomic E-state index is -1.03. The van der Waals surface area contributed by atoms with Crippen LogP contribution in [0.4, 0.5) is 4.39 Å². The Hall–Kier alpha value is -2.22. The number of amides is 2. The van der Waals surface area contributed by atoms with Gasteiger partial charge in [0.1, 0.15) is 11.7 Å². The van der Waals surface area contributed by atoms with Crippen molar-refractivity contribution in [1.29, 1.82) is 0 Å². The van der Waals surface area contributed by atoms with Crippen molar-refractivity contribution in [2.75, 3.05) is 32.8 Å². The molecule has 2 amide bonds. The van der Waals surface area contributed by atoms with E-state index in [4.69, 9.17) is 4.74 Å². The highest BCUT2D eigenvalue weighted by atomic mass is 19.1. The highest BCUT2D eigenvalue weighted by molar-refractivity contribution is 5.96. The Morgan fingerprint density at radius 1 is 1.14 bits per heavy atom. The zero-order chi connectivity index (χ0) is 19.8. The smallest absolute Gasteiger partial charge is 0.263 e. The zero-order valence-corrected chi connectivity index (χ0v) is 16.2. The van der Waals surface area contributed by atoms with Crippen molar-refractivity contribution in [2.45, 2.75) is 38.4 Å². The highest BCUT2D eigenvalue weighted by Gasteiger charge is 2.34. The third-order valence-corrected chi connectivity index (χ3v) is 6.08. The summed E-state index contributed by atoms with van der Waals surface area (Å²) < 4.78 is 20.3. The lowest BCUT2D eigenvalue weighted by Crippen LogP contribution is -2.44. The van der Waals surface area contributed by atoms with Crippen molar-refractivity contribution >= 4 is 11.8 Å². The number of hydrogen-bond acceptors (Lipinski definition) is 4. The number of rotatable bonds is 2. The fourth-order valence-electron chi connectivity index (χ4n) is 4.46. The van der Waals surface area contributed by atoms with E-state index in [9.17, 15) is 18.8 Å². The molecule has 0 N–H and O–H groups in total. The van der Waals surface area contributed by atoms with Crippen LogP contribution in [0.3, 0.4) is 0 Å². The quantitative estimate of drug-likeness (QED) is 0.750. The van der Waals surface area contributed by atoms with E-state index in [2.05, 4.69) is 0 Å². The Balaban J connectivity index is 1.60. The van der Waals surface area contributed by atoms with E-state index in [-0.39, 0.29) is 35.4 Å². The topological polar surface area (TPSA) is 71.9 Å². The molecule has 152 valence electrons. The molecule has 3 aliphatic rings. The van der Waals surface area contributed by atoms with E-state index >= 15 is 0 Å². The van der Waals surface area contributed by atoms with Gasteiger partial charge < -0.3 is 19.1 Å². The van der Waals surface area contributed by atoms with Crippen LogP contribution in [-0.2, 0) is 29.5 Å². The molecular weight excluding hydrogens is 365 g/mol. The third-order valence-electron chi connectivity index (χ3n) is 6.08. The summed E-state index contributed by atoms with van der Waals surface area (Å²) in [6.07, 6.45) is 2.94. The molecule has 0 bridgehead atoms. The lowest BCUT2D eigenvalue weighted by atomic mass is 9.93. The van der Waals surface area contributed by atoms with Gasteiger partial charge in [-0.2, -0.15) is 0 Å². The SMILES string of the molecule is Cn1cc2c(c(C(=O)N3CC[C@H](F)C3)c1=O)CCN(C(=O)C1CCOCC1)C2. The Morgan fingerprint density at radius 2 is 1.89 bits per heavy atom. The van der Waals surface area contributed by atoms with Crippen LogP contribution in [-0.4, -0.2) is 65.2 Å². The second-order valence-corrected chi connectivity index (χ2v) is 7.96. The monoisotopic (exact) mass is 391 g/mol. The van der Waals surface area contributed by atoms with Gasteiger partial charge in [-0.15, -0.1) is 0 Å². The van der Waals surface area contributed by atoms with Gasteiger partial charge in [0.05, 0.1) is 6.54 Å². The van der Waals surface area contributed by atoms with Crippen molar-refractivity contribution in [1.82, 2.24) is 14.4 Å². The maximum absolute atomic E-state index is 13.6. The fourth-order valence-corrected chi connectivity index (χ4v) is 4.46. The van der Waals surface area contributed by atoms with Gasteiger partial charge >= 0.3 is 0 Å². The number of nitrogens with zero attached hydrogens (tertiary/aromatic N) is 3. The first kappa shape index (κ1) is 19.1. The van der Waals surface area contributed by atoms with E-state index in [1.165, 1.54) is 9.47 Å². The minimum absolute atomic E-state index is 0.0185. The van der Waals surface area contributed by atoms with E-state index in [0.717, 1.165) is 18.4 Å². The maximum Gasteiger partial charge on any atom is 0.263 e. The molecule has 1 aromatic heterocycles. The number of aromatic nitrogens is 1. The lowest BCUT2D eigenvalue weighted by Gasteiger charge is -2.34. The molecule has 0 aromatic carbocycles. The third kappa shape index (κ3) is 3.45. The van der Waals surface area contributed by atoms with Gasteiger partial charge in [-0.1, -0.05) is 0 Å². The van der Waals surface area contributed by atoms with E-state index < -0.39 is 6.17 Å². The van der Waals surface area contributed by atoms with Gasteiger partial charge in [-0.25, -0.2) is 4.39 Å². The summed E-state index contributed by atoms with van der Waals surface area (Å²) >= 11 is 0. The molecule has 0 saturated carbocycles. The molecule has 0 radical (unpaired) electrons. The lowest BCUT2D eigenvalue weighted by molar-refractivity contribution is -0.139. The first-order valence-electron chi connectivity index (χ1n) is 9.97. The van der Waals surface area contributed by atoms with E-state index in [1.807, 2.05) is 4.90 Å². The van der Waals surface area contributed by atoms with Crippen molar-refractivity contribution in [2.24, 2.45) is 13.0 Å². The van der Waals surface area contributed by atoms with Crippen LogP contribution in [0.15, 0.2) is 11.0 Å². The molecule has 28 heavy (non-hydrogen) atoms. The molecule has 2 saturated heterocycles. The van der Waals surface area contributed by atoms with Crippen LogP contribution in [0.1, 0.15) is 40.7 Å². The van der Waals surface area contributed by atoms with Crippen molar-refractivity contribution < 1.29 is 18.7 Å². The number of carbonyl (C=O) groups is 2. The second kappa shape index (κ2) is 7.66. The summed E-state index contributed by atoms with van der Waals surface area (Å²) in [6, 6.07) is 0. The van der Waals surface area contributed by atoms with Crippen LogP contribution in [0.5, 0.6) is 0 Å². The van der Waals surface area contributed by atoms with Gasteiger partial charge in [-0.05, 0) is 36.8 Å². The van der Waals surface area contributed by atoms with Crippen LogP contribution in [0.2, 0.25) is 0 Å². The number of pyridine rings is 1. The number of halogens is 1. The van der Waals surface area contributed by atoms with Crippen molar-refractivity contribution in [3.05, 3.63) is 33.2 Å². The molecule has 0 aliphatic carbocycles. The van der Waals surface area contributed by atoms with Crippen LogP contribution >= 0.6 is 0 Å². The van der Waals surface area contributed by atoms with Crippen molar-refractivity contribution in [3.63, 3.8) is 0 Å². The number of likely N-dealkylation sites (tertiary alicyclic amines) is 1. The average Bonchev–Trinajstić information content (AvgIpc) is 3.15. The Bertz CT molecular complexity index is 847. The maximum atomic E-state index is 13.6. The van der Waals surface area contributed by atoms with Gasteiger partial charge in [0.2, 0.25) is 5.91 Å². The molecule has 4 heterocycles. The number of hydrogen-bond donors (Lipinski definition) is 0. The van der Waals surface area contributed by atoms with Crippen LogP contribution in [0, 0.1) is 5.92 Å². The standard InChI is InChI=1S/C20H26FN3O4/c1-22-10-14-11-23(18(25)13-4-8-28-9-5-13)7-3-16(14)17(19(22)26)20(27)24-6-2-15(21)12-24/h10,13,15H,2-9,11-12H2,1H3/t15-/m0/s1. The number of aryl methyl sites for hydroxylation is 1. The molecule has 2 fully saturated rings. The molecule has 0 unspecified atom stereocenters. The highest BCUT2D eigenvalue weighted by Crippen LogP contribution is 2.26. The van der Waals surface area contributed by atoms with Gasteiger partial charge in [0, 0.05) is 52.0 Å². The summed E-state index contributed by atoms with van der Waals surface area (Å²) in [7, 11) is 1.61. The predicted octanol–water partition coefficient (Wildman–Crippen LogP) is 0.881. The molecule has 7 nitrogen and oxygen atoms in total. The molecule has 1 aromatic rings. The Kier molecular flexibility index (Phi) is 5.23. The zero-order valence-electron chi connectivity index (χ0n) is 16.2. The molecule has 8 heteroatoms. The summed E-state index contributed by atoms with van der Waals surface area (Å²) in [5.74, 6) is -0.285. The molecule has 1 atom stereocenters. The summed E-state index contributed by atoms with van der Waals surface area (Å²) in [6.45, 7) is 2.48. The normalized spacial score (nSPS) is 23.0. The molecule has 4 rings (SSSR count). The van der Waals surface area contributed by atoms with Crippen LogP contribution < -0.4 is 5.56 Å². The minimum Gasteiger partial charge on any atom is -0.381 e. The Labute approximate surface area is 163 Å². The van der Waals surface area contributed by atoms with E-state index in [0.29, 0.717) is 51.3 Å². The molecular formula is C20H26FN3O4. The van der Waals surface area contributed by atoms with E-state index in [1.54, 1.807) is 13.2 Å². The number of carbonyl (C=O) groups excluding carboxylic acids is 2. The van der Waals surface area contributed by atoms with Gasteiger partial charge in [0.15, 0.2) is 0 Å².